The number of anilines is 1. The average molecular weight is 268 g/mol. The molecule has 0 radical (unpaired) electrons. The van der Waals surface area contributed by atoms with Gasteiger partial charge in [0, 0.05) is 24.7 Å². The number of rotatable bonds is 4. The van der Waals surface area contributed by atoms with Crippen molar-refractivity contribution in [1.82, 2.24) is 0 Å². The van der Waals surface area contributed by atoms with Crippen LogP contribution in [-0.4, -0.2) is 12.0 Å². The van der Waals surface area contributed by atoms with Gasteiger partial charge in [-0.15, -0.1) is 0 Å². The number of isocyanates is 1. The normalized spacial score (nSPS) is 9.45. The van der Waals surface area contributed by atoms with E-state index in [9.17, 15) is 9.59 Å². The first-order valence-corrected chi connectivity index (χ1v) is 5.91. The lowest BCUT2D eigenvalue weighted by Gasteiger charge is -2.08. The Balaban J connectivity index is 2.19. The fourth-order valence-corrected chi connectivity index (χ4v) is 1.65. The van der Waals surface area contributed by atoms with Crippen molar-refractivity contribution in [3.63, 3.8) is 0 Å². The van der Waals surface area contributed by atoms with Crippen LogP contribution in [0, 0.1) is 0 Å². The quantitative estimate of drug-likeness (QED) is 0.682. The molecule has 0 aliphatic heterocycles. The highest BCUT2D eigenvalue weighted by molar-refractivity contribution is 5.88. The smallest absolute Gasteiger partial charge is 0.240 e. The summed E-state index contributed by atoms with van der Waals surface area (Å²) in [6.45, 7) is 1.44. The largest absolute Gasteiger partial charge is 0.457 e. The minimum atomic E-state index is -0.149. The lowest BCUT2D eigenvalue weighted by Crippen LogP contribution is -2.05. The van der Waals surface area contributed by atoms with Crippen molar-refractivity contribution in [2.45, 2.75) is 6.92 Å². The Morgan fingerprint density at radius 3 is 2.55 bits per heavy atom. The number of hydrogen-bond acceptors (Lipinski definition) is 4. The van der Waals surface area contributed by atoms with Crippen molar-refractivity contribution in [3.05, 3.63) is 48.5 Å². The van der Waals surface area contributed by atoms with Crippen LogP contribution in [0.4, 0.5) is 11.4 Å². The molecule has 0 spiro atoms. The van der Waals surface area contributed by atoms with Gasteiger partial charge in [0.25, 0.3) is 0 Å². The van der Waals surface area contributed by atoms with Gasteiger partial charge < -0.3 is 10.1 Å². The maximum Gasteiger partial charge on any atom is 0.240 e. The molecule has 5 heteroatoms. The molecule has 0 aliphatic rings. The summed E-state index contributed by atoms with van der Waals surface area (Å²) in [6.07, 6.45) is 1.48. The van der Waals surface area contributed by atoms with Gasteiger partial charge in [-0.25, -0.2) is 4.79 Å². The highest BCUT2D eigenvalue weighted by atomic mass is 16.5. The van der Waals surface area contributed by atoms with Gasteiger partial charge in [0.05, 0.1) is 5.69 Å². The van der Waals surface area contributed by atoms with Crippen molar-refractivity contribution in [2.75, 3.05) is 5.32 Å². The van der Waals surface area contributed by atoms with Crippen LogP contribution in [0.25, 0.3) is 0 Å². The van der Waals surface area contributed by atoms with Gasteiger partial charge in [-0.1, -0.05) is 12.1 Å². The molecule has 0 atom stereocenters. The van der Waals surface area contributed by atoms with Gasteiger partial charge in [0.1, 0.15) is 11.5 Å². The summed E-state index contributed by atoms with van der Waals surface area (Å²) in [5, 5.41) is 2.67. The number of ether oxygens (including phenoxy) is 1. The Morgan fingerprint density at radius 2 is 1.85 bits per heavy atom. The van der Waals surface area contributed by atoms with E-state index in [0.29, 0.717) is 22.9 Å². The number of carbonyl (C=O) groups excluding carboxylic acids is 2. The topological polar surface area (TPSA) is 67.8 Å². The van der Waals surface area contributed by atoms with Crippen molar-refractivity contribution in [3.8, 4) is 11.5 Å². The van der Waals surface area contributed by atoms with Gasteiger partial charge in [-0.2, -0.15) is 4.99 Å². The summed E-state index contributed by atoms with van der Waals surface area (Å²) in [4.78, 5) is 24.7. The maximum absolute atomic E-state index is 11.0. The minimum absolute atomic E-state index is 0.149. The molecule has 2 rings (SSSR count). The zero-order valence-corrected chi connectivity index (χ0v) is 10.8. The molecule has 2 aromatic rings. The predicted molar refractivity (Wildman–Crippen MR) is 75.0 cm³/mol. The summed E-state index contributed by atoms with van der Waals surface area (Å²) in [5.74, 6) is 0.967. The predicted octanol–water partition coefficient (Wildman–Crippen LogP) is 3.40. The summed E-state index contributed by atoms with van der Waals surface area (Å²) >= 11 is 0. The van der Waals surface area contributed by atoms with Crippen molar-refractivity contribution in [1.29, 1.82) is 0 Å². The highest BCUT2D eigenvalue weighted by Crippen LogP contribution is 2.26. The first-order chi connectivity index (χ1) is 9.67. The maximum atomic E-state index is 11.0. The molecule has 2 aromatic carbocycles. The second-order valence-electron chi connectivity index (χ2n) is 4.01. The monoisotopic (exact) mass is 268 g/mol. The zero-order valence-electron chi connectivity index (χ0n) is 10.8. The van der Waals surface area contributed by atoms with Gasteiger partial charge in [-0.05, 0) is 24.3 Å². The van der Waals surface area contributed by atoms with Crippen molar-refractivity contribution in [2.24, 2.45) is 4.99 Å². The van der Waals surface area contributed by atoms with Crippen LogP contribution >= 0.6 is 0 Å². The molecule has 100 valence electrons. The molecule has 0 unspecified atom stereocenters. The Hall–Kier alpha value is -2.91. The number of benzene rings is 2. The molecule has 20 heavy (non-hydrogen) atoms. The van der Waals surface area contributed by atoms with Crippen LogP contribution in [0.1, 0.15) is 6.92 Å². The average Bonchev–Trinajstić information content (AvgIpc) is 2.39. The molecule has 0 saturated carbocycles. The van der Waals surface area contributed by atoms with Crippen LogP contribution in [0.2, 0.25) is 0 Å². The van der Waals surface area contributed by atoms with E-state index in [4.69, 9.17) is 4.74 Å². The summed E-state index contributed by atoms with van der Waals surface area (Å²) in [6, 6.07) is 13.8. The molecule has 0 bridgehead atoms. The number of aliphatic imine (C=N–C) groups is 1. The number of carbonyl (C=O) groups is 1. The van der Waals surface area contributed by atoms with E-state index >= 15 is 0 Å². The van der Waals surface area contributed by atoms with E-state index < -0.39 is 0 Å². The first kappa shape index (κ1) is 13.5. The molecule has 0 saturated heterocycles. The number of amides is 1. The molecular weight excluding hydrogens is 256 g/mol. The lowest BCUT2D eigenvalue weighted by molar-refractivity contribution is -0.114. The third kappa shape index (κ3) is 3.80. The Labute approximate surface area is 115 Å². The van der Waals surface area contributed by atoms with Gasteiger partial charge >= 0.3 is 0 Å². The molecule has 5 nitrogen and oxygen atoms in total. The van der Waals surface area contributed by atoms with E-state index in [1.54, 1.807) is 48.5 Å². The van der Waals surface area contributed by atoms with Crippen LogP contribution in [0.15, 0.2) is 53.5 Å². The SMILES string of the molecule is CC(=O)Nc1cccc(Oc2cccc(N=C=O)c2)c1. The van der Waals surface area contributed by atoms with Crippen LogP contribution in [-0.2, 0) is 9.59 Å². The first-order valence-electron chi connectivity index (χ1n) is 5.91. The number of nitrogens with zero attached hydrogens (tertiary/aromatic N) is 1. The molecule has 0 aromatic heterocycles. The van der Waals surface area contributed by atoms with E-state index in [0.717, 1.165) is 0 Å². The molecule has 0 fully saturated rings. The van der Waals surface area contributed by atoms with Gasteiger partial charge in [-0.3, -0.25) is 4.79 Å². The standard InChI is InChI=1S/C15H12N2O3/c1-11(19)17-13-5-3-7-15(9-13)20-14-6-2-4-12(8-14)16-10-18/h2-9H,1H3,(H,17,19). The van der Waals surface area contributed by atoms with E-state index in [1.807, 2.05) is 0 Å². The number of nitrogens with one attached hydrogen (secondary N) is 1. The van der Waals surface area contributed by atoms with Gasteiger partial charge in [0.2, 0.25) is 12.0 Å². The van der Waals surface area contributed by atoms with E-state index in [-0.39, 0.29) is 5.91 Å². The molecule has 1 N–H and O–H groups in total. The fourth-order valence-electron chi connectivity index (χ4n) is 1.65. The summed E-state index contributed by atoms with van der Waals surface area (Å²) in [7, 11) is 0. The minimum Gasteiger partial charge on any atom is -0.457 e. The second kappa shape index (κ2) is 6.31. The lowest BCUT2D eigenvalue weighted by atomic mass is 10.3. The Morgan fingerprint density at radius 1 is 1.15 bits per heavy atom. The van der Waals surface area contributed by atoms with E-state index in [1.165, 1.54) is 13.0 Å². The number of hydrogen-bond donors (Lipinski definition) is 1. The third-order valence-corrected chi connectivity index (χ3v) is 2.38. The highest BCUT2D eigenvalue weighted by Gasteiger charge is 2.01. The van der Waals surface area contributed by atoms with Gasteiger partial charge in [0.15, 0.2) is 0 Å². The van der Waals surface area contributed by atoms with Crippen LogP contribution in [0.5, 0.6) is 11.5 Å². The molecule has 0 aliphatic carbocycles. The van der Waals surface area contributed by atoms with Crippen LogP contribution < -0.4 is 10.1 Å². The van der Waals surface area contributed by atoms with Crippen molar-refractivity contribution >= 4 is 23.4 Å². The zero-order chi connectivity index (χ0) is 14.4. The van der Waals surface area contributed by atoms with Crippen molar-refractivity contribution < 1.29 is 14.3 Å². The van der Waals surface area contributed by atoms with Crippen LogP contribution in [0.3, 0.4) is 0 Å². The molecule has 1 amide bonds. The van der Waals surface area contributed by atoms with E-state index in [2.05, 4.69) is 10.3 Å². The molecule has 0 heterocycles. The second-order valence-corrected chi connectivity index (χ2v) is 4.01. The third-order valence-electron chi connectivity index (χ3n) is 2.38. The Kier molecular flexibility index (Phi) is 4.27. The Bertz CT molecular complexity index is 676. The summed E-state index contributed by atoms with van der Waals surface area (Å²) < 4.78 is 5.65. The summed E-state index contributed by atoms with van der Waals surface area (Å²) in [5.41, 5.74) is 1.12. The fraction of sp³-hybridized carbons (Fsp3) is 0.0667. The molecular formula is C15H12N2O3.